The van der Waals surface area contributed by atoms with Gasteiger partial charge in [-0.05, 0) is 48.5 Å². The second kappa shape index (κ2) is 31.0. The maximum absolute atomic E-state index is 13.8. The molecular weight excluding hydrogens is 1460 g/mol. The fraction of sp³-hybridized carbons (Fsp3) is 0.385. The second-order valence-corrected chi connectivity index (χ2v) is 22.4. The van der Waals surface area contributed by atoms with E-state index in [0.29, 0.717) is 17.9 Å². The van der Waals surface area contributed by atoms with Gasteiger partial charge < -0.3 is 63.0 Å². The Labute approximate surface area is 530 Å². The standard InChI is InChI=1S/C52H60Br4N12O12.Tb/c53-29-21-33-41(69)34(22-29)46(74)59-5-13-67-14-6-62-50(78)36-24-30(54)23-35(42(36)70)47(75)58-2-10-65(9-1-57-45(33)73)17-18-66-11-3-60-48(76)37-25-31(55)27-39(43(37)71)51(79)63-7-15-68(20-19-67)16-8-64-52(80)40-28-32(56)26-38(44(40)72)49(77)61-4-12-66;/h21-28,69-72H,1-20H2,(H,57,73)(H,58,75)(H,59,74)(H,60,76)(H,61,77)(H,62,78)(H,63,79)(H,64,80);/q;+3/p-4. The van der Waals surface area contributed by atoms with Crippen molar-refractivity contribution >= 4 is 111 Å². The predicted octanol–water partition coefficient (Wildman–Crippen LogP) is -0.781. The van der Waals surface area contributed by atoms with E-state index < -0.39 is 70.3 Å². The van der Waals surface area contributed by atoms with Gasteiger partial charge in [-0.15, -0.1) is 0 Å². The van der Waals surface area contributed by atoms with Gasteiger partial charge in [0, 0.05) is 193 Å². The van der Waals surface area contributed by atoms with Crippen LogP contribution in [0, 0.1) is 38.6 Å². The average molecular weight is 1520 g/mol. The molecule has 0 fully saturated rings. The van der Waals surface area contributed by atoms with Gasteiger partial charge in [0.25, 0.3) is 47.3 Å². The average Bonchev–Trinajstić information content (AvgIpc) is 3.46. The molecule has 12 bridgehead atoms. The Hall–Kier alpha value is -5.11. The third-order valence-corrected chi connectivity index (χ3v) is 15.2. The molecule has 8 amide bonds. The molecule has 0 radical (unpaired) electrons. The van der Waals surface area contributed by atoms with Gasteiger partial charge in [0.15, 0.2) is 0 Å². The number of nitrogens with one attached hydrogen (secondary N) is 8. The Morgan fingerprint density at radius 1 is 0.259 bits per heavy atom. The van der Waals surface area contributed by atoms with E-state index in [1.165, 1.54) is 48.5 Å². The fourth-order valence-corrected chi connectivity index (χ4v) is 10.8. The maximum atomic E-state index is 13.8. The fourth-order valence-electron chi connectivity index (χ4n) is 9.01. The van der Waals surface area contributed by atoms with Crippen molar-refractivity contribution in [1.29, 1.82) is 0 Å². The van der Waals surface area contributed by atoms with Gasteiger partial charge in [0.2, 0.25) is 0 Å². The van der Waals surface area contributed by atoms with Crippen LogP contribution in [0.5, 0.6) is 23.0 Å². The maximum Gasteiger partial charge on any atom is 3.00 e. The van der Waals surface area contributed by atoms with Gasteiger partial charge in [-0.2, -0.15) is 0 Å². The molecule has 0 saturated heterocycles. The first-order valence-corrected chi connectivity index (χ1v) is 28.6. The molecule has 4 aliphatic heterocycles. The second-order valence-electron chi connectivity index (χ2n) is 18.7. The number of halogens is 4. The van der Waals surface area contributed by atoms with Crippen molar-refractivity contribution in [3.05, 3.63) is 111 Å². The Kier molecular flexibility index (Phi) is 24.9. The molecular formula is C52H56Br4N12O12Tb-. The van der Waals surface area contributed by atoms with Gasteiger partial charge >= 0.3 is 38.6 Å². The van der Waals surface area contributed by atoms with Crippen molar-refractivity contribution in [2.24, 2.45) is 0 Å². The molecule has 24 nitrogen and oxygen atoms in total. The molecule has 0 spiro atoms. The molecule has 81 heavy (non-hydrogen) atoms. The third kappa shape index (κ3) is 17.9. The quantitative estimate of drug-likeness (QED) is 0.107. The summed E-state index contributed by atoms with van der Waals surface area (Å²) in [4.78, 5) is 117. The summed E-state index contributed by atoms with van der Waals surface area (Å²) in [5.41, 5.74) is -2.40. The monoisotopic (exact) mass is 1520 g/mol. The molecule has 29 heteroatoms. The minimum Gasteiger partial charge on any atom is -0.871 e. The molecule has 0 aliphatic carbocycles. The van der Waals surface area contributed by atoms with E-state index in [4.69, 9.17) is 0 Å². The summed E-state index contributed by atoms with van der Waals surface area (Å²) in [5.74, 6) is -9.34. The minimum atomic E-state index is -0.814. The summed E-state index contributed by atoms with van der Waals surface area (Å²) in [7, 11) is 0. The Bertz CT molecular complexity index is 2480. The van der Waals surface area contributed by atoms with E-state index in [-0.39, 0.29) is 214 Å². The van der Waals surface area contributed by atoms with E-state index in [9.17, 15) is 58.8 Å². The molecule has 4 aromatic carbocycles. The molecule has 434 valence electrons. The van der Waals surface area contributed by atoms with Crippen molar-refractivity contribution < 1.29 is 97.4 Å². The van der Waals surface area contributed by atoms with E-state index in [2.05, 4.69) is 106 Å². The summed E-state index contributed by atoms with van der Waals surface area (Å²) in [6, 6.07) is 10.5. The summed E-state index contributed by atoms with van der Waals surface area (Å²) in [6.45, 7) is 1.20. The zero-order chi connectivity index (χ0) is 57.6. The van der Waals surface area contributed by atoms with Crippen LogP contribution in [0.4, 0.5) is 0 Å². The number of rotatable bonds is 0. The van der Waals surface area contributed by atoms with Crippen LogP contribution < -0.4 is 63.0 Å². The van der Waals surface area contributed by atoms with Gasteiger partial charge in [0.05, 0.1) is 0 Å². The number of amides is 8. The molecule has 4 aromatic rings. The van der Waals surface area contributed by atoms with E-state index >= 15 is 0 Å². The summed E-state index contributed by atoms with van der Waals surface area (Å²) >= 11 is 13.3. The smallest absolute Gasteiger partial charge is 0.871 e. The van der Waals surface area contributed by atoms with Crippen LogP contribution >= 0.6 is 63.7 Å². The largest absolute Gasteiger partial charge is 3.00 e. The summed E-state index contributed by atoms with van der Waals surface area (Å²) < 4.78 is 1.18. The summed E-state index contributed by atoms with van der Waals surface area (Å²) in [5, 5.41) is 77.2. The number of hydrogen-bond donors (Lipinski definition) is 8. The number of nitrogens with zero attached hydrogens (tertiary/aromatic N) is 4. The molecule has 0 saturated carbocycles. The van der Waals surface area contributed by atoms with Crippen molar-refractivity contribution in [3.63, 3.8) is 0 Å². The zero-order valence-electron chi connectivity index (χ0n) is 43.3. The molecule has 0 unspecified atom stereocenters. The van der Waals surface area contributed by atoms with Crippen LogP contribution in [0.2, 0.25) is 0 Å². The number of benzene rings is 4. The first-order valence-electron chi connectivity index (χ1n) is 25.4. The van der Waals surface area contributed by atoms with Crippen molar-refractivity contribution in [2.75, 3.05) is 131 Å². The number of carbonyl (C=O) groups is 8. The van der Waals surface area contributed by atoms with Crippen LogP contribution in [-0.4, -0.2) is 198 Å². The first-order chi connectivity index (χ1) is 38.3. The van der Waals surface area contributed by atoms with Gasteiger partial charge in [-0.1, -0.05) is 86.7 Å². The Balaban J connectivity index is 0.0000106. The minimum absolute atomic E-state index is 0. The van der Waals surface area contributed by atoms with Crippen LogP contribution in [0.15, 0.2) is 66.4 Å². The normalized spacial score (nSPS) is 21.2. The Morgan fingerprint density at radius 3 is 0.506 bits per heavy atom. The number of carbonyl (C=O) groups excluding carboxylic acids is 8. The van der Waals surface area contributed by atoms with Crippen LogP contribution in [0.3, 0.4) is 0 Å². The zero-order valence-corrected chi connectivity index (χ0v) is 51.8. The number of hydrogen-bond acceptors (Lipinski definition) is 16. The molecule has 8 N–H and O–H groups in total. The van der Waals surface area contributed by atoms with Crippen molar-refractivity contribution in [2.45, 2.75) is 0 Å². The van der Waals surface area contributed by atoms with Crippen LogP contribution in [0.1, 0.15) is 82.9 Å². The molecule has 0 atom stereocenters. The number of fused-ring (bicyclic) bond motifs is 16. The van der Waals surface area contributed by atoms with Gasteiger partial charge in [-0.25, -0.2) is 0 Å². The van der Waals surface area contributed by atoms with Crippen LogP contribution in [0.25, 0.3) is 0 Å². The van der Waals surface area contributed by atoms with Crippen molar-refractivity contribution in [1.82, 2.24) is 62.1 Å². The molecule has 8 rings (SSSR count). The molecule has 0 aromatic heterocycles. The SMILES string of the molecule is O=C1NCCN2CCNC(=O)c3cc(Br)cc(c3[O-])C(=O)NCCN(CCNC(=O)c3cc(Br)cc1c3[O-])CCN1CCNC(=O)c3cc(Br)cc(c3[O-])C(=O)NCCN(CCNC(=O)c3cc(Br)cc(c3[O-])C(=O)NCC1)CC2.[Tb+3]. The predicted molar refractivity (Wildman–Crippen MR) is 299 cm³/mol. The van der Waals surface area contributed by atoms with E-state index in [1.807, 2.05) is 19.6 Å². The topological polar surface area (TPSA) is 338 Å². The summed E-state index contributed by atoms with van der Waals surface area (Å²) in [6.07, 6.45) is 0. The van der Waals surface area contributed by atoms with Crippen molar-refractivity contribution in [3.8, 4) is 23.0 Å². The van der Waals surface area contributed by atoms with Gasteiger partial charge in [0.1, 0.15) is 0 Å². The third-order valence-electron chi connectivity index (χ3n) is 13.3. The van der Waals surface area contributed by atoms with Crippen LogP contribution in [-0.2, 0) is 0 Å². The van der Waals surface area contributed by atoms with E-state index in [1.54, 1.807) is 0 Å². The van der Waals surface area contributed by atoms with E-state index in [0.717, 1.165) is 0 Å². The Morgan fingerprint density at radius 2 is 0.383 bits per heavy atom. The molecule has 4 heterocycles. The molecule has 4 aliphatic rings. The van der Waals surface area contributed by atoms with Gasteiger partial charge in [-0.3, -0.25) is 58.0 Å². The first kappa shape index (κ1) is 65.0.